The van der Waals surface area contributed by atoms with E-state index >= 15 is 0 Å². The van der Waals surface area contributed by atoms with Crippen LogP contribution in [0.15, 0.2) is 41.8 Å². The topological polar surface area (TPSA) is 15.3 Å². The van der Waals surface area contributed by atoms with Gasteiger partial charge in [-0.25, -0.2) is 0 Å². The average Bonchev–Trinajstić information content (AvgIpc) is 3.14. The van der Waals surface area contributed by atoms with E-state index in [0.29, 0.717) is 5.54 Å². The lowest BCUT2D eigenvalue weighted by molar-refractivity contribution is 0.337. The van der Waals surface area contributed by atoms with Gasteiger partial charge < -0.3 is 10.2 Å². The van der Waals surface area contributed by atoms with Crippen LogP contribution in [0.1, 0.15) is 36.1 Å². The van der Waals surface area contributed by atoms with Gasteiger partial charge in [0.05, 0.1) is 6.54 Å². The van der Waals surface area contributed by atoms with Gasteiger partial charge in [-0.2, -0.15) is 0 Å². The Kier molecular flexibility index (Phi) is 3.48. The molecule has 0 unspecified atom stereocenters. The second-order valence-corrected chi connectivity index (χ2v) is 7.44. The van der Waals surface area contributed by atoms with Crippen molar-refractivity contribution in [3.63, 3.8) is 0 Å². The molecule has 110 valence electrons. The van der Waals surface area contributed by atoms with Gasteiger partial charge in [0.2, 0.25) is 0 Å². The summed E-state index contributed by atoms with van der Waals surface area (Å²) in [7, 11) is 0. The van der Waals surface area contributed by atoms with Crippen LogP contribution in [-0.4, -0.2) is 12.1 Å². The predicted molar refractivity (Wildman–Crippen MR) is 89.8 cm³/mol. The van der Waals surface area contributed by atoms with Crippen molar-refractivity contribution in [3.05, 3.63) is 52.2 Å². The number of fused-ring (bicyclic) bond motifs is 1. The molecular weight excluding hydrogens is 276 g/mol. The molecule has 2 heterocycles. The molecule has 1 saturated carbocycles. The smallest absolute Gasteiger partial charge is 0.0523 e. The summed E-state index contributed by atoms with van der Waals surface area (Å²) < 4.78 is 0. The summed E-state index contributed by atoms with van der Waals surface area (Å²) in [5.41, 5.74) is 3.19. The summed E-state index contributed by atoms with van der Waals surface area (Å²) >= 11 is 1.87. The fourth-order valence-corrected chi connectivity index (χ4v) is 4.60. The molecule has 1 aromatic carbocycles. The van der Waals surface area contributed by atoms with Gasteiger partial charge >= 0.3 is 0 Å². The standard InChI is InChI=1S/C18H22N2S/c1-2-8-17-15(6-1)12-19-18(9-3-4-10-18)14-20(17)13-16-7-5-11-21-16/h1-2,5-8,11,19H,3-4,9-10,12-14H2. The highest BCUT2D eigenvalue weighted by Gasteiger charge is 2.37. The van der Waals surface area contributed by atoms with Crippen molar-refractivity contribution in [1.29, 1.82) is 0 Å². The van der Waals surface area contributed by atoms with Crippen molar-refractivity contribution in [2.24, 2.45) is 0 Å². The van der Waals surface area contributed by atoms with Crippen LogP contribution in [0.4, 0.5) is 5.69 Å². The van der Waals surface area contributed by atoms with E-state index in [9.17, 15) is 0 Å². The Labute approximate surface area is 130 Å². The summed E-state index contributed by atoms with van der Waals surface area (Å²) in [6, 6.07) is 13.3. The van der Waals surface area contributed by atoms with Gasteiger partial charge in [-0.1, -0.05) is 37.1 Å². The minimum atomic E-state index is 0.330. The van der Waals surface area contributed by atoms with Gasteiger partial charge in [-0.15, -0.1) is 11.3 Å². The van der Waals surface area contributed by atoms with Crippen molar-refractivity contribution >= 4 is 17.0 Å². The van der Waals surface area contributed by atoms with E-state index in [-0.39, 0.29) is 0 Å². The number of rotatable bonds is 2. The zero-order valence-electron chi connectivity index (χ0n) is 12.3. The number of benzene rings is 1. The average molecular weight is 298 g/mol. The third-order valence-electron chi connectivity index (χ3n) is 4.97. The quantitative estimate of drug-likeness (QED) is 0.895. The number of para-hydroxylation sites is 1. The van der Waals surface area contributed by atoms with Gasteiger partial charge in [0.15, 0.2) is 0 Å². The molecule has 1 fully saturated rings. The molecule has 4 rings (SSSR count). The van der Waals surface area contributed by atoms with Crippen LogP contribution in [0, 0.1) is 0 Å². The molecule has 2 aliphatic rings. The first-order valence-corrected chi connectivity index (χ1v) is 8.83. The molecule has 1 aliphatic heterocycles. The zero-order valence-corrected chi connectivity index (χ0v) is 13.2. The van der Waals surface area contributed by atoms with E-state index in [4.69, 9.17) is 0 Å². The van der Waals surface area contributed by atoms with E-state index in [0.717, 1.165) is 19.6 Å². The normalized spacial score (nSPS) is 20.5. The van der Waals surface area contributed by atoms with Gasteiger partial charge in [0, 0.05) is 29.2 Å². The first-order chi connectivity index (χ1) is 10.3. The maximum atomic E-state index is 3.88. The summed E-state index contributed by atoms with van der Waals surface area (Å²) in [6.45, 7) is 3.19. The first kappa shape index (κ1) is 13.4. The number of nitrogens with zero attached hydrogens (tertiary/aromatic N) is 1. The number of anilines is 1. The van der Waals surface area contributed by atoms with Crippen LogP contribution in [0.2, 0.25) is 0 Å². The number of hydrogen-bond donors (Lipinski definition) is 1. The van der Waals surface area contributed by atoms with Crippen LogP contribution < -0.4 is 10.2 Å². The Morgan fingerprint density at radius 1 is 1.10 bits per heavy atom. The van der Waals surface area contributed by atoms with Gasteiger partial charge in [-0.05, 0) is 35.9 Å². The zero-order chi connectivity index (χ0) is 14.1. The Morgan fingerprint density at radius 3 is 2.76 bits per heavy atom. The molecule has 0 amide bonds. The molecule has 0 atom stereocenters. The third-order valence-corrected chi connectivity index (χ3v) is 5.83. The lowest BCUT2D eigenvalue weighted by Crippen LogP contribution is -2.49. The molecular formula is C18H22N2S. The molecule has 0 bridgehead atoms. The monoisotopic (exact) mass is 298 g/mol. The van der Waals surface area contributed by atoms with Crippen molar-refractivity contribution in [3.8, 4) is 0 Å². The molecule has 0 radical (unpaired) electrons. The molecule has 1 aromatic heterocycles. The molecule has 2 aromatic rings. The Bertz CT molecular complexity index is 599. The Balaban J connectivity index is 1.68. The highest BCUT2D eigenvalue weighted by molar-refractivity contribution is 7.09. The van der Waals surface area contributed by atoms with Crippen LogP contribution in [-0.2, 0) is 13.1 Å². The predicted octanol–water partition coefficient (Wildman–Crippen LogP) is 4.17. The lowest BCUT2D eigenvalue weighted by Gasteiger charge is -2.34. The second-order valence-electron chi connectivity index (χ2n) is 6.41. The number of thiophene rings is 1. The van der Waals surface area contributed by atoms with Crippen LogP contribution in [0.25, 0.3) is 0 Å². The number of nitrogens with one attached hydrogen (secondary N) is 1. The van der Waals surface area contributed by atoms with Crippen molar-refractivity contribution < 1.29 is 0 Å². The van der Waals surface area contributed by atoms with E-state index < -0.39 is 0 Å². The summed E-state index contributed by atoms with van der Waals surface area (Å²) in [4.78, 5) is 4.06. The van der Waals surface area contributed by atoms with E-state index in [1.807, 2.05) is 11.3 Å². The minimum Gasteiger partial charge on any atom is -0.364 e. The van der Waals surface area contributed by atoms with Gasteiger partial charge in [-0.3, -0.25) is 0 Å². The van der Waals surface area contributed by atoms with Crippen LogP contribution >= 0.6 is 11.3 Å². The van der Waals surface area contributed by atoms with Gasteiger partial charge in [0.1, 0.15) is 0 Å². The number of hydrogen-bond acceptors (Lipinski definition) is 3. The van der Waals surface area contributed by atoms with Crippen LogP contribution in [0.5, 0.6) is 0 Å². The van der Waals surface area contributed by atoms with Crippen LogP contribution in [0.3, 0.4) is 0 Å². The molecule has 2 nitrogen and oxygen atoms in total. The maximum absolute atomic E-state index is 3.88. The summed E-state index contributed by atoms with van der Waals surface area (Å²) in [6.07, 6.45) is 5.39. The third kappa shape index (κ3) is 2.60. The van der Waals surface area contributed by atoms with E-state index in [1.165, 1.54) is 41.8 Å². The maximum Gasteiger partial charge on any atom is 0.0523 e. The largest absolute Gasteiger partial charge is 0.364 e. The molecule has 0 saturated heterocycles. The summed E-state index contributed by atoms with van der Waals surface area (Å²) in [5.74, 6) is 0. The highest BCUT2D eigenvalue weighted by Crippen LogP contribution is 2.36. The highest BCUT2D eigenvalue weighted by atomic mass is 32.1. The SMILES string of the molecule is c1csc(CN2CC3(CCCC3)NCc3ccccc32)c1. The van der Waals surface area contributed by atoms with Crippen molar-refractivity contribution in [2.75, 3.05) is 11.4 Å². The molecule has 1 aliphatic carbocycles. The fourth-order valence-electron chi connectivity index (χ4n) is 3.88. The molecule has 1 spiro atoms. The fraction of sp³-hybridized carbons (Fsp3) is 0.444. The van der Waals surface area contributed by atoms with Crippen molar-refractivity contribution in [1.82, 2.24) is 5.32 Å². The first-order valence-electron chi connectivity index (χ1n) is 7.95. The van der Waals surface area contributed by atoms with Gasteiger partial charge in [0.25, 0.3) is 0 Å². The van der Waals surface area contributed by atoms with Crippen molar-refractivity contribution in [2.45, 2.75) is 44.3 Å². The molecule has 21 heavy (non-hydrogen) atoms. The molecule has 1 N–H and O–H groups in total. The Morgan fingerprint density at radius 2 is 1.95 bits per heavy atom. The van der Waals surface area contributed by atoms with E-state index in [2.05, 4.69) is 52.0 Å². The second kappa shape index (κ2) is 5.47. The van der Waals surface area contributed by atoms with E-state index in [1.54, 1.807) is 0 Å². The summed E-state index contributed by atoms with van der Waals surface area (Å²) in [5, 5.41) is 6.07. The lowest BCUT2D eigenvalue weighted by atomic mass is 9.97. The Hall–Kier alpha value is -1.32. The molecule has 3 heteroatoms. The minimum absolute atomic E-state index is 0.330.